The zero-order chi connectivity index (χ0) is 24.6. The number of ether oxygens (including phenoxy) is 1. The molecule has 2 bridgehead atoms. The minimum absolute atomic E-state index is 0.0735. The molecule has 3 fully saturated rings. The van der Waals surface area contributed by atoms with E-state index < -0.39 is 32.9 Å². The molecular formula is C25H38N2O5S. The Kier molecular flexibility index (Phi) is 7.39. The summed E-state index contributed by atoms with van der Waals surface area (Å²) in [5.41, 5.74) is -0.458. The lowest BCUT2D eigenvalue weighted by molar-refractivity contribution is -0.155. The second-order valence-corrected chi connectivity index (χ2v) is 12.4. The number of thioether (sulfide) groups is 1. The lowest BCUT2D eigenvalue weighted by atomic mass is 9.66. The number of fused-ring (bicyclic) bond motifs is 1. The Morgan fingerprint density at radius 1 is 1.30 bits per heavy atom. The molecule has 33 heavy (non-hydrogen) atoms. The number of aliphatic hydroxyl groups is 1. The highest BCUT2D eigenvalue weighted by molar-refractivity contribution is 8.02. The standard InChI is InChI=1S/C25H38N2O5S/c1-7-9-16-32-22(31)18-17-20(29)26(14-10-15-28)19(25(17)12-11-24(18,6)33-25)21(30)27(13-8-2)23(3,4)5/h7-8,17-19,28H,1-2,9-16H2,3-6H3/t17-,18+,19?,24-,25?/m0/s1. The molecule has 0 aromatic carbocycles. The van der Waals surface area contributed by atoms with Gasteiger partial charge in [0.2, 0.25) is 11.8 Å². The fourth-order valence-electron chi connectivity index (χ4n) is 5.85. The van der Waals surface area contributed by atoms with Crippen LogP contribution in [0.3, 0.4) is 0 Å². The Morgan fingerprint density at radius 2 is 2.00 bits per heavy atom. The third kappa shape index (κ3) is 4.25. The first-order valence-corrected chi connectivity index (χ1v) is 12.6. The van der Waals surface area contributed by atoms with E-state index in [0.717, 1.165) is 6.42 Å². The quantitative estimate of drug-likeness (QED) is 0.295. The van der Waals surface area contributed by atoms with Gasteiger partial charge in [-0.05, 0) is 53.4 Å². The van der Waals surface area contributed by atoms with Crippen LogP contribution in [0.15, 0.2) is 25.3 Å². The molecule has 0 aromatic heterocycles. The van der Waals surface area contributed by atoms with Gasteiger partial charge >= 0.3 is 5.97 Å². The normalized spacial score (nSPS) is 32.6. The highest BCUT2D eigenvalue weighted by Gasteiger charge is 2.77. The van der Waals surface area contributed by atoms with Crippen molar-refractivity contribution in [2.75, 3.05) is 26.3 Å². The Balaban J connectivity index is 2.04. The van der Waals surface area contributed by atoms with E-state index in [1.165, 1.54) is 0 Å². The first-order chi connectivity index (χ1) is 15.5. The second-order valence-electron chi connectivity index (χ2n) is 10.5. The molecule has 5 atom stereocenters. The van der Waals surface area contributed by atoms with Gasteiger partial charge in [-0.25, -0.2) is 0 Å². The van der Waals surface area contributed by atoms with Crippen molar-refractivity contribution in [1.82, 2.24) is 9.80 Å². The number of likely N-dealkylation sites (tertiary alicyclic amines) is 1. The monoisotopic (exact) mass is 478 g/mol. The van der Waals surface area contributed by atoms with E-state index in [1.807, 2.05) is 27.7 Å². The predicted octanol–water partition coefficient (Wildman–Crippen LogP) is 2.78. The van der Waals surface area contributed by atoms with E-state index >= 15 is 0 Å². The van der Waals surface area contributed by atoms with E-state index in [9.17, 15) is 19.5 Å². The van der Waals surface area contributed by atoms with Crippen molar-refractivity contribution in [3.63, 3.8) is 0 Å². The summed E-state index contributed by atoms with van der Waals surface area (Å²) in [5, 5.41) is 9.46. The van der Waals surface area contributed by atoms with E-state index in [2.05, 4.69) is 13.2 Å². The average Bonchev–Trinajstić information content (AvgIpc) is 3.30. The molecular weight excluding hydrogens is 440 g/mol. The summed E-state index contributed by atoms with van der Waals surface area (Å²) >= 11 is 1.63. The number of hydrogen-bond donors (Lipinski definition) is 1. The van der Waals surface area contributed by atoms with Crippen LogP contribution in [0.4, 0.5) is 0 Å². The van der Waals surface area contributed by atoms with Crippen LogP contribution in [-0.2, 0) is 19.1 Å². The molecule has 3 heterocycles. The van der Waals surface area contributed by atoms with E-state index in [1.54, 1.807) is 33.7 Å². The highest BCUT2D eigenvalue weighted by atomic mass is 32.2. The summed E-state index contributed by atoms with van der Waals surface area (Å²) in [5.74, 6) is -1.84. The van der Waals surface area contributed by atoms with Gasteiger partial charge in [-0.15, -0.1) is 24.9 Å². The van der Waals surface area contributed by atoms with Crippen LogP contribution in [0, 0.1) is 11.8 Å². The van der Waals surface area contributed by atoms with Crippen molar-refractivity contribution in [3.8, 4) is 0 Å². The smallest absolute Gasteiger partial charge is 0.311 e. The average molecular weight is 479 g/mol. The summed E-state index contributed by atoms with van der Waals surface area (Å²) in [7, 11) is 0. The molecule has 0 aliphatic carbocycles. The van der Waals surface area contributed by atoms with Crippen LogP contribution in [-0.4, -0.2) is 80.1 Å². The first-order valence-electron chi connectivity index (χ1n) is 11.8. The lowest BCUT2D eigenvalue weighted by Crippen LogP contribution is -2.58. The van der Waals surface area contributed by atoms with Gasteiger partial charge in [-0.3, -0.25) is 14.4 Å². The Bertz CT molecular complexity index is 824. The molecule has 3 rings (SSSR count). The van der Waals surface area contributed by atoms with Crippen LogP contribution in [0.25, 0.3) is 0 Å². The highest BCUT2D eigenvalue weighted by Crippen LogP contribution is 2.71. The number of amides is 2. The molecule has 184 valence electrons. The Hall–Kier alpha value is -1.80. The van der Waals surface area contributed by atoms with Crippen LogP contribution in [0.1, 0.15) is 53.4 Å². The zero-order valence-corrected chi connectivity index (χ0v) is 21.2. The third-order valence-electron chi connectivity index (χ3n) is 7.28. The number of carbonyl (C=O) groups excluding carboxylic acids is 3. The fraction of sp³-hybridized carbons (Fsp3) is 0.720. The summed E-state index contributed by atoms with van der Waals surface area (Å²) in [4.78, 5) is 44.5. The lowest BCUT2D eigenvalue weighted by Gasteiger charge is -2.42. The molecule has 1 spiro atoms. The molecule has 8 heteroatoms. The van der Waals surface area contributed by atoms with Crippen LogP contribution in [0.5, 0.6) is 0 Å². The fourth-order valence-corrected chi connectivity index (χ4v) is 8.19. The topological polar surface area (TPSA) is 87.1 Å². The number of nitrogens with zero attached hydrogens (tertiary/aromatic N) is 2. The van der Waals surface area contributed by atoms with E-state index in [4.69, 9.17) is 4.74 Å². The van der Waals surface area contributed by atoms with Gasteiger partial charge in [0, 0.05) is 30.0 Å². The van der Waals surface area contributed by atoms with Crippen molar-refractivity contribution < 1.29 is 24.2 Å². The maximum Gasteiger partial charge on any atom is 0.311 e. The summed E-state index contributed by atoms with van der Waals surface area (Å²) in [6.45, 7) is 16.2. The Morgan fingerprint density at radius 3 is 2.58 bits per heavy atom. The predicted molar refractivity (Wildman–Crippen MR) is 130 cm³/mol. The summed E-state index contributed by atoms with van der Waals surface area (Å²) in [6.07, 6.45) is 5.77. The van der Waals surface area contributed by atoms with Crippen molar-refractivity contribution in [2.45, 2.75) is 74.5 Å². The molecule has 0 saturated carbocycles. The van der Waals surface area contributed by atoms with Gasteiger partial charge < -0.3 is 19.6 Å². The van der Waals surface area contributed by atoms with Crippen molar-refractivity contribution in [2.24, 2.45) is 11.8 Å². The van der Waals surface area contributed by atoms with Gasteiger partial charge in [0.25, 0.3) is 0 Å². The van der Waals surface area contributed by atoms with E-state index in [0.29, 0.717) is 25.8 Å². The van der Waals surface area contributed by atoms with Gasteiger partial charge in [-0.2, -0.15) is 0 Å². The molecule has 3 aliphatic heterocycles. The van der Waals surface area contributed by atoms with Gasteiger partial charge in [0.15, 0.2) is 0 Å². The van der Waals surface area contributed by atoms with Crippen molar-refractivity contribution in [3.05, 3.63) is 25.3 Å². The molecule has 0 aromatic rings. The van der Waals surface area contributed by atoms with Gasteiger partial charge in [0.1, 0.15) is 6.04 Å². The minimum atomic E-state index is -0.682. The Labute approximate surface area is 201 Å². The van der Waals surface area contributed by atoms with Crippen LogP contribution < -0.4 is 0 Å². The number of hydrogen-bond acceptors (Lipinski definition) is 6. The maximum absolute atomic E-state index is 14.1. The molecule has 7 nitrogen and oxygen atoms in total. The molecule has 3 aliphatic rings. The molecule has 3 saturated heterocycles. The summed E-state index contributed by atoms with van der Waals surface area (Å²) in [6, 6.07) is -0.682. The molecule has 1 N–H and O–H groups in total. The van der Waals surface area contributed by atoms with Gasteiger partial charge in [-0.1, -0.05) is 12.2 Å². The van der Waals surface area contributed by atoms with Crippen molar-refractivity contribution in [1.29, 1.82) is 0 Å². The molecule has 2 amide bonds. The number of esters is 1. The summed E-state index contributed by atoms with van der Waals surface area (Å²) < 4.78 is 4.43. The largest absolute Gasteiger partial charge is 0.465 e. The third-order valence-corrected chi connectivity index (χ3v) is 9.26. The zero-order valence-electron chi connectivity index (χ0n) is 20.3. The number of aliphatic hydroxyl groups excluding tert-OH is 1. The second kappa shape index (κ2) is 9.45. The maximum atomic E-state index is 14.1. The SMILES string of the molecule is C=CCCOC(=O)[C@H]1[C@H]2C(=O)N(CCCO)C(C(=O)N(CC=C)C(C)(C)C)C23CC[C@]1(C)S3. The minimum Gasteiger partial charge on any atom is -0.465 e. The van der Waals surface area contributed by atoms with Crippen LogP contribution in [0.2, 0.25) is 0 Å². The van der Waals surface area contributed by atoms with Crippen LogP contribution >= 0.6 is 11.8 Å². The van der Waals surface area contributed by atoms with E-state index in [-0.39, 0.29) is 37.5 Å². The van der Waals surface area contributed by atoms with Crippen molar-refractivity contribution >= 4 is 29.5 Å². The number of carbonyl (C=O) groups is 3. The first kappa shape index (κ1) is 25.8. The number of rotatable bonds is 10. The van der Waals surface area contributed by atoms with Gasteiger partial charge in [0.05, 0.1) is 23.2 Å². The molecule has 0 radical (unpaired) electrons. The molecule has 2 unspecified atom stereocenters.